The Labute approximate surface area is 96.2 Å². The SMILES string of the molecule is Cc1nnc(C2(CN)CCCC2)n1C1CC1. The molecule has 0 bridgehead atoms. The maximum Gasteiger partial charge on any atom is 0.140 e. The van der Waals surface area contributed by atoms with Gasteiger partial charge in [-0.2, -0.15) is 0 Å². The molecule has 0 aromatic carbocycles. The summed E-state index contributed by atoms with van der Waals surface area (Å²) in [5.74, 6) is 2.24. The van der Waals surface area contributed by atoms with Crippen molar-refractivity contribution in [1.29, 1.82) is 0 Å². The van der Waals surface area contributed by atoms with Gasteiger partial charge < -0.3 is 10.3 Å². The van der Waals surface area contributed by atoms with Gasteiger partial charge in [0.05, 0.1) is 0 Å². The van der Waals surface area contributed by atoms with Crippen molar-refractivity contribution in [2.75, 3.05) is 6.54 Å². The quantitative estimate of drug-likeness (QED) is 0.843. The number of aryl methyl sites for hydroxylation is 1. The Kier molecular flexibility index (Phi) is 2.28. The zero-order valence-electron chi connectivity index (χ0n) is 9.95. The lowest BCUT2D eigenvalue weighted by atomic mass is 9.85. The molecule has 2 saturated carbocycles. The first-order valence-electron chi connectivity index (χ1n) is 6.39. The molecule has 3 rings (SSSR count). The normalized spacial score (nSPS) is 23.9. The monoisotopic (exact) mass is 220 g/mol. The van der Waals surface area contributed by atoms with E-state index in [0.717, 1.165) is 12.4 Å². The van der Waals surface area contributed by atoms with Crippen LogP contribution in [0.5, 0.6) is 0 Å². The largest absolute Gasteiger partial charge is 0.329 e. The number of hydrogen-bond donors (Lipinski definition) is 1. The lowest BCUT2D eigenvalue weighted by Gasteiger charge is -2.26. The van der Waals surface area contributed by atoms with Crippen LogP contribution in [-0.2, 0) is 5.41 Å². The number of nitrogens with two attached hydrogens (primary N) is 1. The second-order valence-electron chi connectivity index (χ2n) is 5.36. The Morgan fingerprint density at radius 1 is 1.31 bits per heavy atom. The second-order valence-corrected chi connectivity index (χ2v) is 5.36. The number of nitrogens with zero attached hydrogens (tertiary/aromatic N) is 3. The Morgan fingerprint density at radius 3 is 2.56 bits per heavy atom. The van der Waals surface area contributed by atoms with Crippen LogP contribution in [0.25, 0.3) is 0 Å². The topological polar surface area (TPSA) is 56.7 Å². The summed E-state index contributed by atoms with van der Waals surface area (Å²) in [4.78, 5) is 0. The maximum absolute atomic E-state index is 6.02. The molecule has 1 aromatic heterocycles. The third-order valence-electron chi connectivity index (χ3n) is 4.20. The maximum atomic E-state index is 6.02. The number of rotatable bonds is 3. The van der Waals surface area contributed by atoms with Crippen molar-refractivity contribution in [3.63, 3.8) is 0 Å². The molecule has 0 amide bonds. The smallest absolute Gasteiger partial charge is 0.140 e. The Balaban J connectivity index is 2.04. The van der Waals surface area contributed by atoms with E-state index in [1.165, 1.54) is 44.3 Å². The molecule has 0 spiro atoms. The second kappa shape index (κ2) is 3.55. The predicted octanol–water partition coefficient (Wildman–Crippen LogP) is 1.69. The summed E-state index contributed by atoms with van der Waals surface area (Å²) in [6.07, 6.45) is 7.52. The van der Waals surface area contributed by atoms with Gasteiger partial charge in [0.1, 0.15) is 11.6 Å². The van der Waals surface area contributed by atoms with Gasteiger partial charge in [-0.1, -0.05) is 12.8 Å². The molecule has 0 radical (unpaired) electrons. The van der Waals surface area contributed by atoms with Crippen LogP contribution in [-0.4, -0.2) is 21.3 Å². The van der Waals surface area contributed by atoms with Crippen molar-refractivity contribution in [3.05, 3.63) is 11.6 Å². The van der Waals surface area contributed by atoms with Crippen molar-refractivity contribution in [2.24, 2.45) is 5.73 Å². The number of aromatic nitrogens is 3. The zero-order chi connectivity index (χ0) is 11.2. The average Bonchev–Trinajstić information content (AvgIpc) is 2.88. The van der Waals surface area contributed by atoms with Crippen LogP contribution in [0.4, 0.5) is 0 Å². The zero-order valence-corrected chi connectivity index (χ0v) is 9.95. The van der Waals surface area contributed by atoms with E-state index in [1.54, 1.807) is 0 Å². The van der Waals surface area contributed by atoms with Gasteiger partial charge in [0, 0.05) is 18.0 Å². The van der Waals surface area contributed by atoms with E-state index in [1.807, 2.05) is 0 Å². The summed E-state index contributed by atoms with van der Waals surface area (Å²) in [5, 5.41) is 8.71. The Morgan fingerprint density at radius 2 is 2.00 bits per heavy atom. The van der Waals surface area contributed by atoms with Crippen LogP contribution in [0.15, 0.2) is 0 Å². The van der Waals surface area contributed by atoms with Crippen LogP contribution in [0.2, 0.25) is 0 Å². The van der Waals surface area contributed by atoms with Gasteiger partial charge in [0.2, 0.25) is 0 Å². The van der Waals surface area contributed by atoms with E-state index >= 15 is 0 Å². The summed E-state index contributed by atoms with van der Waals surface area (Å²) in [7, 11) is 0. The van der Waals surface area contributed by atoms with Crippen molar-refractivity contribution in [1.82, 2.24) is 14.8 Å². The van der Waals surface area contributed by atoms with Crippen LogP contribution in [0, 0.1) is 6.92 Å². The Hall–Kier alpha value is -0.900. The van der Waals surface area contributed by atoms with E-state index in [4.69, 9.17) is 5.73 Å². The molecule has 88 valence electrons. The van der Waals surface area contributed by atoms with Crippen LogP contribution in [0.3, 0.4) is 0 Å². The van der Waals surface area contributed by atoms with Crippen LogP contribution >= 0.6 is 0 Å². The van der Waals surface area contributed by atoms with Gasteiger partial charge >= 0.3 is 0 Å². The van der Waals surface area contributed by atoms with Gasteiger partial charge in [-0.15, -0.1) is 10.2 Å². The summed E-state index contributed by atoms with van der Waals surface area (Å²) < 4.78 is 2.36. The van der Waals surface area contributed by atoms with Crippen molar-refractivity contribution in [2.45, 2.75) is 56.9 Å². The van der Waals surface area contributed by atoms with Crippen molar-refractivity contribution >= 4 is 0 Å². The number of hydrogen-bond acceptors (Lipinski definition) is 3. The highest BCUT2D eigenvalue weighted by atomic mass is 15.3. The first-order valence-corrected chi connectivity index (χ1v) is 6.39. The first kappa shape index (κ1) is 10.3. The summed E-state index contributed by atoms with van der Waals surface area (Å²) in [5.41, 5.74) is 6.15. The van der Waals surface area contributed by atoms with Crippen LogP contribution < -0.4 is 5.73 Å². The fraction of sp³-hybridized carbons (Fsp3) is 0.833. The average molecular weight is 220 g/mol. The minimum atomic E-state index is 0.129. The molecule has 16 heavy (non-hydrogen) atoms. The van der Waals surface area contributed by atoms with Crippen molar-refractivity contribution < 1.29 is 0 Å². The standard InChI is InChI=1S/C12H20N4/c1-9-14-15-11(16(9)10-4-5-10)12(8-13)6-2-3-7-12/h10H,2-8,13H2,1H3. The molecule has 4 nitrogen and oxygen atoms in total. The minimum absolute atomic E-state index is 0.129. The Bertz CT molecular complexity index is 386. The highest BCUT2D eigenvalue weighted by molar-refractivity contribution is 5.16. The van der Waals surface area contributed by atoms with Gasteiger partial charge in [0.15, 0.2) is 0 Å². The van der Waals surface area contributed by atoms with Gasteiger partial charge in [0.25, 0.3) is 0 Å². The van der Waals surface area contributed by atoms with E-state index in [2.05, 4.69) is 21.7 Å². The van der Waals surface area contributed by atoms with Gasteiger partial charge in [-0.3, -0.25) is 0 Å². The summed E-state index contributed by atoms with van der Waals surface area (Å²) in [6, 6.07) is 0.661. The van der Waals surface area contributed by atoms with Crippen LogP contribution in [0.1, 0.15) is 56.2 Å². The third kappa shape index (κ3) is 1.39. The molecule has 2 aliphatic rings. The van der Waals surface area contributed by atoms with Gasteiger partial charge in [-0.05, 0) is 32.6 Å². The molecule has 0 atom stereocenters. The molecule has 2 N–H and O–H groups in total. The van der Waals surface area contributed by atoms with E-state index in [0.29, 0.717) is 6.04 Å². The summed E-state index contributed by atoms with van der Waals surface area (Å²) >= 11 is 0. The molecule has 1 aromatic rings. The molecule has 2 aliphatic carbocycles. The molecule has 0 aliphatic heterocycles. The molecule has 1 heterocycles. The first-order chi connectivity index (χ1) is 7.77. The molecule has 4 heteroatoms. The molecule has 0 unspecified atom stereocenters. The van der Waals surface area contributed by atoms with E-state index in [9.17, 15) is 0 Å². The predicted molar refractivity (Wildman–Crippen MR) is 62.2 cm³/mol. The van der Waals surface area contributed by atoms with Gasteiger partial charge in [-0.25, -0.2) is 0 Å². The minimum Gasteiger partial charge on any atom is -0.329 e. The van der Waals surface area contributed by atoms with Crippen molar-refractivity contribution in [3.8, 4) is 0 Å². The molecular weight excluding hydrogens is 200 g/mol. The molecular formula is C12H20N4. The van der Waals surface area contributed by atoms with E-state index < -0.39 is 0 Å². The molecule has 2 fully saturated rings. The third-order valence-corrected chi connectivity index (χ3v) is 4.20. The fourth-order valence-corrected chi connectivity index (χ4v) is 3.07. The lowest BCUT2D eigenvalue weighted by Crippen LogP contribution is -2.35. The highest BCUT2D eigenvalue weighted by Gasteiger charge is 2.41. The molecule has 0 saturated heterocycles. The fourth-order valence-electron chi connectivity index (χ4n) is 3.07. The highest BCUT2D eigenvalue weighted by Crippen LogP contribution is 2.44. The van der Waals surface area contributed by atoms with E-state index in [-0.39, 0.29) is 5.41 Å². The summed E-state index contributed by atoms with van der Waals surface area (Å²) in [6.45, 7) is 2.78. The lowest BCUT2D eigenvalue weighted by molar-refractivity contribution is 0.400.